The van der Waals surface area contributed by atoms with Crippen LogP contribution in [0.1, 0.15) is 45.1 Å². The lowest BCUT2D eigenvalue weighted by Gasteiger charge is -2.31. The summed E-state index contributed by atoms with van der Waals surface area (Å²) in [6.07, 6.45) is 3.88. The number of imide groups is 1. The Morgan fingerprint density at radius 1 is 1.00 bits per heavy atom. The highest BCUT2D eigenvalue weighted by Crippen LogP contribution is 2.31. The minimum absolute atomic E-state index is 0.181. The third-order valence-corrected chi connectivity index (χ3v) is 5.87. The van der Waals surface area contributed by atoms with Crippen LogP contribution in [0.3, 0.4) is 0 Å². The number of nitrogens with zero attached hydrogens (tertiary/aromatic N) is 1. The van der Waals surface area contributed by atoms with Gasteiger partial charge < -0.3 is 11.1 Å². The Bertz CT molecular complexity index is 903. The summed E-state index contributed by atoms with van der Waals surface area (Å²) < 4.78 is 0. The predicted molar refractivity (Wildman–Crippen MR) is 122 cm³/mol. The summed E-state index contributed by atoms with van der Waals surface area (Å²) in [6, 6.07) is 15.5. The number of nitrogens with two attached hydrogens (primary N) is 1. The van der Waals surface area contributed by atoms with Gasteiger partial charge in [-0.25, -0.2) is 4.90 Å². The zero-order valence-electron chi connectivity index (χ0n) is 18.2. The molecule has 1 unspecified atom stereocenters. The maximum atomic E-state index is 13.4. The number of hydrogen-bond acceptors (Lipinski definition) is 4. The standard InChI is InChI=1S/C25H31N3O3/c1-17-8-10-20(11-9-17)24(30)28(22-14-12-21(13-15-22)27-18(2)29)25(31)23(26)16-19-6-4-3-5-7-19/h3-7,12-15,17,20,23H,8-11,16,26H2,1-2H3,(H,27,29). The number of anilines is 2. The van der Waals surface area contributed by atoms with Crippen molar-refractivity contribution in [3.05, 3.63) is 60.2 Å². The molecule has 31 heavy (non-hydrogen) atoms. The quantitative estimate of drug-likeness (QED) is 0.740. The SMILES string of the molecule is CC(=O)Nc1ccc(N(C(=O)C(N)Cc2ccccc2)C(=O)C2CCC(C)CC2)cc1. The van der Waals surface area contributed by atoms with E-state index >= 15 is 0 Å². The van der Waals surface area contributed by atoms with Gasteiger partial charge in [-0.3, -0.25) is 14.4 Å². The highest BCUT2D eigenvalue weighted by Gasteiger charge is 2.34. The van der Waals surface area contributed by atoms with Gasteiger partial charge in [0.2, 0.25) is 11.8 Å². The van der Waals surface area contributed by atoms with E-state index in [0.29, 0.717) is 23.7 Å². The van der Waals surface area contributed by atoms with Crippen molar-refractivity contribution in [2.45, 2.75) is 52.0 Å². The van der Waals surface area contributed by atoms with Gasteiger partial charge in [0.05, 0.1) is 11.7 Å². The second-order valence-electron chi connectivity index (χ2n) is 8.49. The third kappa shape index (κ3) is 6.01. The summed E-state index contributed by atoms with van der Waals surface area (Å²) in [4.78, 5) is 39.4. The number of hydrogen-bond donors (Lipinski definition) is 2. The third-order valence-electron chi connectivity index (χ3n) is 5.87. The van der Waals surface area contributed by atoms with Crippen LogP contribution >= 0.6 is 0 Å². The monoisotopic (exact) mass is 421 g/mol. The summed E-state index contributed by atoms with van der Waals surface area (Å²) >= 11 is 0. The highest BCUT2D eigenvalue weighted by molar-refractivity contribution is 6.17. The van der Waals surface area contributed by atoms with Crippen LogP contribution in [-0.4, -0.2) is 23.8 Å². The molecule has 1 aliphatic carbocycles. The van der Waals surface area contributed by atoms with Crippen molar-refractivity contribution in [1.29, 1.82) is 0 Å². The van der Waals surface area contributed by atoms with E-state index in [2.05, 4.69) is 12.2 Å². The lowest BCUT2D eigenvalue weighted by atomic mass is 9.82. The molecule has 3 amide bonds. The van der Waals surface area contributed by atoms with Crippen LogP contribution in [0, 0.1) is 11.8 Å². The van der Waals surface area contributed by atoms with Gasteiger partial charge in [0.1, 0.15) is 0 Å². The molecule has 1 saturated carbocycles. The molecule has 6 heteroatoms. The molecule has 164 valence electrons. The van der Waals surface area contributed by atoms with Gasteiger partial charge in [-0.2, -0.15) is 0 Å². The average molecular weight is 422 g/mol. The summed E-state index contributed by atoms with van der Waals surface area (Å²) in [5.41, 5.74) is 8.31. The highest BCUT2D eigenvalue weighted by atomic mass is 16.2. The fourth-order valence-electron chi connectivity index (χ4n) is 4.07. The minimum Gasteiger partial charge on any atom is -0.326 e. The second kappa shape index (κ2) is 10.4. The van der Waals surface area contributed by atoms with Gasteiger partial charge in [0.25, 0.3) is 5.91 Å². The Hall–Kier alpha value is -2.99. The Morgan fingerprint density at radius 2 is 1.61 bits per heavy atom. The number of rotatable bonds is 6. The van der Waals surface area contributed by atoms with Crippen molar-refractivity contribution < 1.29 is 14.4 Å². The first-order chi connectivity index (χ1) is 14.8. The topological polar surface area (TPSA) is 92.5 Å². The fourth-order valence-corrected chi connectivity index (χ4v) is 4.07. The molecule has 0 aromatic heterocycles. The van der Waals surface area contributed by atoms with Crippen LogP contribution in [0.5, 0.6) is 0 Å². The molecule has 0 spiro atoms. The summed E-state index contributed by atoms with van der Waals surface area (Å²) in [5, 5.41) is 2.70. The van der Waals surface area contributed by atoms with Gasteiger partial charge >= 0.3 is 0 Å². The maximum Gasteiger partial charge on any atom is 0.251 e. The lowest BCUT2D eigenvalue weighted by molar-refractivity contribution is -0.130. The molecule has 1 fully saturated rings. The number of benzene rings is 2. The summed E-state index contributed by atoms with van der Waals surface area (Å²) in [6.45, 7) is 3.63. The second-order valence-corrected chi connectivity index (χ2v) is 8.49. The Balaban J connectivity index is 1.85. The van der Waals surface area contributed by atoms with Crippen LogP contribution < -0.4 is 16.0 Å². The van der Waals surface area contributed by atoms with Crippen LogP contribution in [-0.2, 0) is 20.8 Å². The average Bonchev–Trinajstić information content (AvgIpc) is 2.75. The normalized spacial score (nSPS) is 19.3. The smallest absolute Gasteiger partial charge is 0.251 e. The van der Waals surface area contributed by atoms with Crippen LogP contribution in [0.2, 0.25) is 0 Å². The fraction of sp³-hybridized carbons (Fsp3) is 0.400. The Kier molecular flexibility index (Phi) is 7.58. The molecular formula is C25H31N3O3. The first-order valence-corrected chi connectivity index (χ1v) is 10.9. The molecule has 0 radical (unpaired) electrons. The van der Waals surface area contributed by atoms with Crippen molar-refractivity contribution in [3.63, 3.8) is 0 Å². The maximum absolute atomic E-state index is 13.4. The van der Waals surface area contributed by atoms with Gasteiger partial charge in [-0.15, -0.1) is 0 Å². The number of amides is 3. The van der Waals surface area contributed by atoms with Crippen LogP contribution in [0.25, 0.3) is 0 Å². The Morgan fingerprint density at radius 3 is 2.19 bits per heavy atom. The van der Waals surface area contributed by atoms with Crippen molar-refractivity contribution in [2.75, 3.05) is 10.2 Å². The summed E-state index contributed by atoms with van der Waals surface area (Å²) in [7, 11) is 0. The van der Waals surface area contributed by atoms with Crippen LogP contribution in [0.4, 0.5) is 11.4 Å². The van der Waals surface area contributed by atoms with Crippen molar-refractivity contribution >= 4 is 29.1 Å². The van der Waals surface area contributed by atoms with Crippen molar-refractivity contribution in [3.8, 4) is 0 Å². The molecule has 0 heterocycles. The van der Waals surface area contributed by atoms with E-state index in [1.54, 1.807) is 24.3 Å². The molecule has 2 aromatic rings. The van der Waals surface area contributed by atoms with E-state index in [1.165, 1.54) is 11.8 Å². The molecule has 6 nitrogen and oxygen atoms in total. The van der Waals surface area contributed by atoms with E-state index < -0.39 is 11.9 Å². The van der Waals surface area contributed by atoms with E-state index in [-0.39, 0.29) is 17.7 Å². The lowest BCUT2D eigenvalue weighted by Crippen LogP contribution is -2.50. The predicted octanol–water partition coefficient (Wildman–Crippen LogP) is 3.90. The molecule has 1 aliphatic rings. The van der Waals surface area contributed by atoms with Crippen LogP contribution in [0.15, 0.2) is 54.6 Å². The van der Waals surface area contributed by atoms with Crippen molar-refractivity contribution in [2.24, 2.45) is 17.6 Å². The molecular weight excluding hydrogens is 390 g/mol. The molecule has 3 rings (SSSR count). The largest absolute Gasteiger partial charge is 0.326 e. The van der Waals surface area contributed by atoms with E-state index in [1.807, 2.05) is 30.3 Å². The van der Waals surface area contributed by atoms with Gasteiger partial charge in [-0.1, -0.05) is 37.3 Å². The minimum atomic E-state index is -0.830. The molecule has 1 atom stereocenters. The molecule has 2 aromatic carbocycles. The number of carbonyl (C=O) groups excluding carboxylic acids is 3. The zero-order chi connectivity index (χ0) is 22.4. The van der Waals surface area contributed by atoms with E-state index in [0.717, 1.165) is 31.2 Å². The Labute approximate surface area is 183 Å². The molecule has 0 bridgehead atoms. The van der Waals surface area contributed by atoms with Gasteiger partial charge in [-0.05, 0) is 67.9 Å². The van der Waals surface area contributed by atoms with Crippen molar-refractivity contribution in [1.82, 2.24) is 0 Å². The van der Waals surface area contributed by atoms with E-state index in [9.17, 15) is 14.4 Å². The molecule has 0 saturated heterocycles. The van der Waals surface area contributed by atoms with E-state index in [4.69, 9.17) is 5.73 Å². The molecule has 3 N–H and O–H groups in total. The number of nitrogens with one attached hydrogen (secondary N) is 1. The van der Waals surface area contributed by atoms with Gasteiger partial charge in [0.15, 0.2) is 0 Å². The number of carbonyl (C=O) groups is 3. The first kappa shape index (κ1) is 22.7. The summed E-state index contributed by atoms with van der Waals surface area (Å²) in [5.74, 6) is -0.352. The zero-order valence-corrected chi connectivity index (χ0v) is 18.2. The first-order valence-electron chi connectivity index (χ1n) is 10.9. The molecule has 0 aliphatic heterocycles. The van der Waals surface area contributed by atoms with Gasteiger partial charge in [0, 0.05) is 18.5 Å².